The van der Waals surface area contributed by atoms with E-state index in [0.717, 1.165) is 54.0 Å². The highest BCUT2D eigenvalue weighted by Crippen LogP contribution is 2.22. The minimum Gasteiger partial charge on any atom is -0.376 e. The first-order chi connectivity index (χ1) is 14.0. The number of carbonyl (C=O) groups is 1. The predicted molar refractivity (Wildman–Crippen MR) is 111 cm³/mol. The molecular weight excluding hydrogens is 366 g/mol. The molecule has 0 spiro atoms. The minimum absolute atomic E-state index is 0.0304. The summed E-state index contributed by atoms with van der Waals surface area (Å²) in [6.07, 6.45) is 4.01. The van der Waals surface area contributed by atoms with Crippen molar-refractivity contribution in [2.75, 3.05) is 11.9 Å². The molecule has 1 amide bonds. The van der Waals surface area contributed by atoms with E-state index in [-0.39, 0.29) is 11.7 Å². The van der Waals surface area contributed by atoms with E-state index >= 15 is 0 Å². The normalized spacial score (nSPS) is 16.9. The highest BCUT2D eigenvalue weighted by atomic mass is 16.5. The van der Waals surface area contributed by atoms with E-state index in [4.69, 9.17) is 4.74 Å². The molecule has 3 heterocycles. The van der Waals surface area contributed by atoms with Gasteiger partial charge in [0.2, 0.25) is 5.95 Å². The Morgan fingerprint density at radius 1 is 1.45 bits per heavy atom. The van der Waals surface area contributed by atoms with Gasteiger partial charge in [0.15, 0.2) is 0 Å². The molecule has 2 N–H and O–H groups in total. The van der Waals surface area contributed by atoms with Crippen LogP contribution < -0.4 is 5.32 Å². The average Bonchev–Trinajstić information content (AvgIpc) is 3.42. The lowest BCUT2D eigenvalue weighted by molar-refractivity contribution is -0.112. The Bertz CT molecular complexity index is 1090. The van der Waals surface area contributed by atoms with E-state index in [9.17, 15) is 10.1 Å². The molecule has 148 valence electrons. The molecule has 0 aliphatic carbocycles. The molecule has 0 bridgehead atoms. The molecule has 1 saturated heterocycles. The van der Waals surface area contributed by atoms with E-state index in [0.29, 0.717) is 5.95 Å². The molecule has 0 radical (unpaired) electrons. The number of aromatic nitrogens is 3. The van der Waals surface area contributed by atoms with Crippen LogP contribution in [0.1, 0.15) is 29.8 Å². The summed E-state index contributed by atoms with van der Waals surface area (Å²) in [4.78, 5) is 20.0. The third-order valence-corrected chi connectivity index (χ3v) is 5.31. The Morgan fingerprint density at radius 3 is 3.00 bits per heavy atom. The van der Waals surface area contributed by atoms with Crippen LogP contribution in [0.2, 0.25) is 0 Å². The van der Waals surface area contributed by atoms with Crippen molar-refractivity contribution in [3.63, 3.8) is 0 Å². The average molecular weight is 389 g/mol. The van der Waals surface area contributed by atoms with Crippen LogP contribution in [0.4, 0.5) is 5.95 Å². The quantitative estimate of drug-likeness (QED) is 0.514. The van der Waals surface area contributed by atoms with E-state index in [1.807, 2.05) is 50.2 Å². The fourth-order valence-electron chi connectivity index (χ4n) is 3.74. The van der Waals surface area contributed by atoms with Crippen LogP contribution in [0.15, 0.2) is 35.9 Å². The molecule has 0 saturated carbocycles. The van der Waals surface area contributed by atoms with Gasteiger partial charge in [-0.15, -0.1) is 0 Å². The van der Waals surface area contributed by atoms with Crippen molar-refractivity contribution < 1.29 is 9.53 Å². The van der Waals surface area contributed by atoms with Crippen LogP contribution in [0.5, 0.6) is 0 Å². The Labute approximate surface area is 169 Å². The highest BCUT2D eigenvalue weighted by molar-refractivity contribution is 6.09. The van der Waals surface area contributed by atoms with Gasteiger partial charge < -0.3 is 14.3 Å². The lowest BCUT2D eigenvalue weighted by atomic mass is 10.1. The number of carbonyl (C=O) groups excluding carboxylic acids is 1. The number of fused-ring (bicyclic) bond motifs is 1. The minimum atomic E-state index is -0.490. The van der Waals surface area contributed by atoms with Gasteiger partial charge in [0, 0.05) is 24.5 Å². The lowest BCUT2D eigenvalue weighted by Crippen LogP contribution is -2.17. The number of H-pyrrole nitrogens is 1. The number of amides is 1. The maximum Gasteiger partial charge on any atom is 0.268 e. The van der Waals surface area contributed by atoms with Gasteiger partial charge in [-0.05, 0) is 56.5 Å². The second-order valence-electron chi connectivity index (χ2n) is 7.30. The van der Waals surface area contributed by atoms with Crippen molar-refractivity contribution in [3.05, 3.63) is 52.9 Å². The van der Waals surface area contributed by atoms with E-state index < -0.39 is 5.91 Å². The number of anilines is 1. The summed E-state index contributed by atoms with van der Waals surface area (Å²) >= 11 is 0. The van der Waals surface area contributed by atoms with Crippen LogP contribution in [-0.4, -0.2) is 33.2 Å². The summed E-state index contributed by atoms with van der Waals surface area (Å²) in [6, 6.07) is 11.5. The Morgan fingerprint density at radius 2 is 2.28 bits per heavy atom. The summed E-state index contributed by atoms with van der Waals surface area (Å²) in [5.74, 6) is -0.170. The van der Waals surface area contributed by atoms with Crippen molar-refractivity contribution in [3.8, 4) is 6.07 Å². The number of hydrogen-bond acceptors (Lipinski definition) is 4. The van der Waals surface area contributed by atoms with Crippen molar-refractivity contribution in [2.45, 2.75) is 39.3 Å². The zero-order valence-corrected chi connectivity index (χ0v) is 16.5. The number of aryl methyl sites for hydroxylation is 1. The molecule has 7 nitrogen and oxygen atoms in total. The summed E-state index contributed by atoms with van der Waals surface area (Å²) in [5, 5.41) is 12.2. The molecule has 1 unspecified atom stereocenters. The number of ether oxygens (including phenoxy) is 1. The van der Waals surface area contributed by atoms with E-state index in [2.05, 4.69) is 19.9 Å². The molecule has 7 heteroatoms. The molecule has 3 aromatic rings. The number of imidazole rings is 1. The van der Waals surface area contributed by atoms with E-state index in [1.165, 1.54) is 0 Å². The SMILES string of the molecule is Cc1cc(C=C(C#N)C(=O)Nc2nc3ccccc3[nH]2)c(C)n1CC1CCCO1. The Hall–Kier alpha value is -3.37. The van der Waals surface area contributed by atoms with Crippen LogP contribution in [-0.2, 0) is 16.1 Å². The lowest BCUT2D eigenvalue weighted by Gasteiger charge is -2.14. The zero-order valence-electron chi connectivity index (χ0n) is 16.5. The molecule has 1 aliphatic rings. The van der Waals surface area contributed by atoms with Crippen molar-refractivity contribution in [1.29, 1.82) is 5.26 Å². The van der Waals surface area contributed by atoms with Crippen LogP contribution in [0.3, 0.4) is 0 Å². The Kier molecular flexibility index (Phi) is 5.19. The number of hydrogen-bond donors (Lipinski definition) is 2. The van der Waals surface area contributed by atoms with E-state index in [1.54, 1.807) is 6.08 Å². The number of rotatable bonds is 5. The maximum atomic E-state index is 12.6. The summed E-state index contributed by atoms with van der Waals surface area (Å²) in [7, 11) is 0. The second kappa shape index (κ2) is 7.94. The molecule has 29 heavy (non-hydrogen) atoms. The predicted octanol–water partition coefficient (Wildman–Crippen LogP) is 3.71. The number of nitriles is 1. The number of nitrogens with one attached hydrogen (secondary N) is 2. The molecule has 1 aliphatic heterocycles. The van der Waals surface area contributed by atoms with Crippen LogP contribution in [0, 0.1) is 25.2 Å². The largest absolute Gasteiger partial charge is 0.376 e. The smallest absolute Gasteiger partial charge is 0.268 e. The van der Waals surface area contributed by atoms with Gasteiger partial charge in [0.25, 0.3) is 5.91 Å². The summed E-state index contributed by atoms with van der Waals surface area (Å²) in [5.41, 5.74) is 4.56. The third kappa shape index (κ3) is 3.93. The van der Waals surface area contributed by atoms with Gasteiger partial charge in [-0.3, -0.25) is 10.1 Å². The van der Waals surface area contributed by atoms with Gasteiger partial charge in [-0.2, -0.15) is 5.26 Å². The molecule has 4 rings (SSSR count). The second-order valence-corrected chi connectivity index (χ2v) is 7.30. The van der Waals surface area contributed by atoms with Gasteiger partial charge >= 0.3 is 0 Å². The monoisotopic (exact) mass is 389 g/mol. The number of nitrogens with zero attached hydrogens (tertiary/aromatic N) is 3. The van der Waals surface area contributed by atoms with Crippen LogP contribution >= 0.6 is 0 Å². The zero-order chi connectivity index (χ0) is 20.4. The number of benzene rings is 1. The van der Waals surface area contributed by atoms with Gasteiger partial charge in [0.1, 0.15) is 11.6 Å². The fourth-order valence-corrected chi connectivity index (χ4v) is 3.74. The molecule has 1 fully saturated rings. The molecule has 1 atom stereocenters. The molecule has 1 aromatic carbocycles. The standard InChI is InChI=1S/C22H23N5O2/c1-14-10-16(15(2)27(14)13-18-6-5-9-29-18)11-17(12-23)21(28)26-22-24-19-7-3-4-8-20(19)25-22/h3-4,7-8,10-11,18H,5-6,9,13H2,1-2H3,(H2,24,25,26,28). The van der Waals surface area contributed by atoms with Crippen molar-refractivity contribution >= 4 is 29.0 Å². The first-order valence-electron chi connectivity index (χ1n) is 9.71. The first kappa shape index (κ1) is 19.0. The molecule has 2 aromatic heterocycles. The number of aromatic amines is 1. The van der Waals surface area contributed by atoms with Gasteiger partial charge in [0.05, 0.1) is 17.1 Å². The topological polar surface area (TPSA) is 95.7 Å². The van der Waals surface area contributed by atoms with Crippen molar-refractivity contribution in [2.24, 2.45) is 0 Å². The van der Waals surface area contributed by atoms with Crippen LogP contribution in [0.25, 0.3) is 17.1 Å². The third-order valence-electron chi connectivity index (χ3n) is 5.31. The first-order valence-corrected chi connectivity index (χ1v) is 9.71. The van der Waals surface area contributed by atoms with Gasteiger partial charge in [-0.25, -0.2) is 4.98 Å². The fraction of sp³-hybridized carbons (Fsp3) is 0.318. The summed E-state index contributed by atoms with van der Waals surface area (Å²) in [6.45, 7) is 5.63. The number of para-hydroxylation sites is 2. The maximum absolute atomic E-state index is 12.6. The van der Waals surface area contributed by atoms with Crippen molar-refractivity contribution in [1.82, 2.24) is 14.5 Å². The summed E-state index contributed by atoms with van der Waals surface area (Å²) < 4.78 is 7.93. The highest BCUT2D eigenvalue weighted by Gasteiger charge is 2.19. The van der Waals surface area contributed by atoms with Gasteiger partial charge in [-0.1, -0.05) is 12.1 Å². The Balaban J connectivity index is 1.55. The molecular formula is C22H23N5O2.